The van der Waals surface area contributed by atoms with E-state index in [2.05, 4.69) is 161 Å². The van der Waals surface area contributed by atoms with E-state index in [1.54, 1.807) is 0 Å². The highest BCUT2D eigenvalue weighted by Gasteiger charge is 2.23. The smallest absolute Gasteiger partial charge is 0.166 e. The fraction of sp³-hybridized carbons (Fsp3) is 0. The molecule has 0 fully saturated rings. The molecule has 0 amide bonds. The van der Waals surface area contributed by atoms with Crippen molar-refractivity contribution in [1.82, 2.24) is 24.1 Å². The van der Waals surface area contributed by atoms with Gasteiger partial charge < -0.3 is 9.13 Å². The molecule has 266 valence electrons. The summed E-state index contributed by atoms with van der Waals surface area (Å²) < 4.78 is 7.47. The highest BCUT2D eigenvalue weighted by Crippen LogP contribution is 2.44. The lowest BCUT2D eigenvalue weighted by molar-refractivity contribution is 1.06. The average molecular weight is 746 g/mol. The Morgan fingerprint density at radius 2 is 0.947 bits per heavy atom. The molecular formula is C51H31N5S. The predicted molar refractivity (Wildman–Crippen MR) is 238 cm³/mol. The number of nitrogens with zero attached hydrogens (tertiary/aromatic N) is 5. The first-order valence-electron chi connectivity index (χ1n) is 19.1. The summed E-state index contributed by atoms with van der Waals surface area (Å²) in [7, 11) is 0. The van der Waals surface area contributed by atoms with Gasteiger partial charge in [0.15, 0.2) is 17.5 Å². The van der Waals surface area contributed by atoms with Crippen molar-refractivity contribution >= 4 is 75.1 Å². The molecule has 0 N–H and O–H groups in total. The third kappa shape index (κ3) is 4.91. The van der Waals surface area contributed by atoms with Gasteiger partial charge in [0.25, 0.3) is 0 Å². The van der Waals surface area contributed by atoms with Gasteiger partial charge in [0.2, 0.25) is 0 Å². The molecule has 0 aliphatic rings. The SMILES string of the molecule is c1ccc(-c2nc(-c3ccccc3)nc(-c3ccccc3-n3c4ccccc4c4c3ccc3c5ccccc5n(-c5ccc6sc7ccccc7c6c5)c34)n2)cc1. The number of thiophene rings is 1. The molecule has 4 aromatic heterocycles. The van der Waals surface area contributed by atoms with Gasteiger partial charge in [0.05, 0.1) is 27.8 Å². The highest BCUT2D eigenvalue weighted by molar-refractivity contribution is 7.25. The van der Waals surface area contributed by atoms with Crippen LogP contribution in [0.3, 0.4) is 0 Å². The maximum atomic E-state index is 5.17. The molecule has 12 aromatic rings. The molecule has 0 spiro atoms. The molecule has 0 saturated heterocycles. The van der Waals surface area contributed by atoms with Crippen LogP contribution in [0.4, 0.5) is 0 Å². The molecule has 0 unspecified atom stereocenters. The number of hydrogen-bond donors (Lipinski definition) is 0. The minimum absolute atomic E-state index is 0.621. The molecule has 0 atom stereocenters. The maximum absolute atomic E-state index is 5.17. The molecule has 5 nitrogen and oxygen atoms in total. The van der Waals surface area contributed by atoms with Crippen LogP contribution < -0.4 is 0 Å². The summed E-state index contributed by atoms with van der Waals surface area (Å²) in [6.45, 7) is 0. The van der Waals surface area contributed by atoms with Crippen LogP contribution in [0.25, 0.3) is 109 Å². The van der Waals surface area contributed by atoms with E-state index in [1.165, 1.54) is 52.8 Å². The molecule has 0 saturated carbocycles. The molecule has 0 bridgehead atoms. The summed E-state index contributed by atoms with van der Waals surface area (Å²) in [5.74, 6) is 1.90. The number of rotatable bonds is 5. The molecule has 6 heteroatoms. The topological polar surface area (TPSA) is 48.5 Å². The summed E-state index contributed by atoms with van der Waals surface area (Å²) >= 11 is 1.85. The zero-order valence-electron chi connectivity index (χ0n) is 30.5. The molecule has 0 aliphatic carbocycles. The van der Waals surface area contributed by atoms with Gasteiger partial charge in [0.1, 0.15) is 0 Å². The normalized spacial score (nSPS) is 11.9. The Labute approximate surface area is 331 Å². The lowest BCUT2D eigenvalue weighted by Crippen LogP contribution is -2.03. The second-order valence-corrected chi connectivity index (χ2v) is 15.5. The molecule has 57 heavy (non-hydrogen) atoms. The fourth-order valence-electron chi connectivity index (χ4n) is 8.68. The number of aromatic nitrogens is 5. The van der Waals surface area contributed by atoms with E-state index in [-0.39, 0.29) is 0 Å². The van der Waals surface area contributed by atoms with Crippen LogP contribution in [-0.4, -0.2) is 24.1 Å². The Kier molecular flexibility index (Phi) is 7.03. The Morgan fingerprint density at radius 3 is 1.70 bits per heavy atom. The first kappa shape index (κ1) is 31.9. The van der Waals surface area contributed by atoms with Crippen LogP contribution in [-0.2, 0) is 0 Å². The van der Waals surface area contributed by atoms with Crippen molar-refractivity contribution in [3.8, 4) is 45.5 Å². The van der Waals surface area contributed by atoms with Gasteiger partial charge >= 0.3 is 0 Å². The molecule has 0 radical (unpaired) electrons. The van der Waals surface area contributed by atoms with Crippen molar-refractivity contribution in [2.45, 2.75) is 0 Å². The minimum atomic E-state index is 0.621. The highest BCUT2D eigenvalue weighted by atomic mass is 32.1. The van der Waals surface area contributed by atoms with Crippen molar-refractivity contribution in [2.24, 2.45) is 0 Å². The number of fused-ring (bicyclic) bond motifs is 10. The molecule has 4 heterocycles. The maximum Gasteiger partial charge on any atom is 0.166 e. The minimum Gasteiger partial charge on any atom is -0.309 e. The van der Waals surface area contributed by atoms with Crippen molar-refractivity contribution in [2.75, 3.05) is 0 Å². The van der Waals surface area contributed by atoms with E-state index in [4.69, 9.17) is 15.0 Å². The van der Waals surface area contributed by atoms with Gasteiger partial charge in [-0.1, -0.05) is 133 Å². The quantitative estimate of drug-likeness (QED) is 0.176. The predicted octanol–water partition coefficient (Wildman–Crippen LogP) is 13.4. The largest absolute Gasteiger partial charge is 0.309 e. The van der Waals surface area contributed by atoms with Crippen LogP contribution in [0, 0.1) is 0 Å². The lowest BCUT2D eigenvalue weighted by atomic mass is 10.1. The van der Waals surface area contributed by atoms with E-state index >= 15 is 0 Å². The van der Waals surface area contributed by atoms with Gasteiger partial charge in [-0.2, -0.15) is 0 Å². The second-order valence-electron chi connectivity index (χ2n) is 14.4. The third-order valence-electron chi connectivity index (χ3n) is 11.2. The van der Waals surface area contributed by atoms with Gasteiger partial charge in [-0.3, -0.25) is 0 Å². The lowest BCUT2D eigenvalue weighted by Gasteiger charge is -2.14. The van der Waals surface area contributed by atoms with Crippen LogP contribution in [0.15, 0.2) is 188 Å². The Morgan fingerprint density at radius 1 is 0.368 bits per heavy atom. The molecule has 12 rings (SSSR count). The summed E-state index contributed by atoms with van der Waals surface area (Å²) in [5, 5.41) is 7.42. The zero-order chi connectivity index (χ0) is 37.5. The van der Waals surface area contributed by atoms with E-state index in [9.17, 15) is 0 Å². The van der Waals surface area contributed by atoms with Gasteiger partial charge in [-0.15, -0.1) is 11.3 Å². The first-order valence-corrected chi connectivity index (χ1v) is 19.9. The number of hydrogen-bond acceptors (Lipinski definition) is 4. The Hall–Kier alpha value is -7.41. The van der Waals surface area contributed by atoms with E-state index < -0.39 is 0 Å². The second kappa shape index (κ2) is 12.6. The van der Waals surface area contributed by atoms with Crippen molar-refractivity contribution in [3.05, 3.63) is 188 Å². The number of benzene rings is 8. The van der Waals surface area contributed by atoms with Crippen LogP contribution in [0.1, 0.15) is 0 Å². The average Bonchev–Trinajstić information content (AvgIpc) is 3.94. The molecule has 0 aliphatic heterocycles. The summed E-state index contributed by atoms with van der Waals surface area (Å²) in [4.78, 5) is 15.3. The van der Waals surface area contributed by atoms with Crippen LogP contribution in [0.2, 0.25) is 0 Å². The summed E-state index contributed by atoms with van der Waals surface area (Å²) in [6.07, 6.45) is 0. The van der Waals surface area contributed by atoms with E-state index in [0.717, 1.165) is 39.1 Å². The molecule has 8 aromatic carbocycles. The molecular weight excluding hydrogens is 715 g/mol. The van der Waals surface area contributed by atoms with Gasteiger partial charge in [-0.05, 0) is 54.6 Å². The van der Waals surface area contributed by atoms with Gasteiger partial charge in [-0.25, -0.2) is 15.0 Å². The fourth-order valence-corrected chi connectivity index (χ4v) is 9.76. The van der Waals surface area contributed by atoms with E-state index in [0.29, 0.717) is 17.5 Å². The van der Waals surface area contributed by atoms with Crippen LogP contribution >= 0.6 is 11.3 Å². The first-order chi connectivity index (χ1) is 28.3. The van der Waals surface area contributed by atoms with Crippen molar-refractivity contribution in [3.63, 3.8) is 0 Å². The Balaban J connectivity index is 1.16. The van der Waals surface area contributed by atoms with Crippen molar-refractivity contribution < 1.29 is 0 Å². The summed E-state index contributed by atoms with van der Waals surface area (Å²) in [6, 6.07) is 66.7. The zero-order valence-corrected chi connectivity index (χ0v) is 31.4. The van der Waals surface area contributed by atoms with Crippen molar-refractivity contribution in [1.29, 1.82) is 0 Å². The summed E-state index contributed by atoms with van der Waals surface area (Å²) in [5.41, 5.74) is 9.56. The monoisotopic (exact) mass is 745 g/mol. The van der Waals surface area contributed by atoms with Gasteiger partial charge in [0, 0.05) is 64.1 Å². The third-order valence-corrected chi connectivity index (χ3v) is 12.3. The number of para-hydroxylation sites is 3. The van der Waals surface area contributed by atoms with Crippen LogP contribution in [0.5, 0.6) is 0 Å². The standard InChI is InChI=1S/C51H31N5S/c1-3-15-32(16-4-1)49-52-50(33-17-5-2-6-18-33)54-51(53-49)39-22-9-13-25-43(39)56-42-24-12-8-21-38(42)47-44(56)29-28-37-35-19-7-11-23-41(35)55(48(37)47)34-27-30-46-40(31-34)36-20-10-14-26-45(36)57-46/h1-31H. The van der Waals surface area contributed by atoms with E-state index in [1.807, 2.05) is 47.7 Å². The Bertz CT molecular complexity index is 3470.